The Labute approximate surface area is 150 Å². The Morgan fingerprint density at radius 1 is 1.20 bits per heavy atom. The van der Waals surface area contributed by atoms with Gasteiger partial charge in [-0.25, -0.2) is 13.1 Å². The Balaban J connectivity index is 1.86. The van der Waals surface area contributed by atoms with E-state index in [1.54, 1.807) is 4.68 Å². The molecule has 1 fully saturated rings. The van der Waals surface area contributed by atoms with Gasteiger partial charge in [0.05, 0.1) is 28.4 Å². The molecule has 0 amide bonds. The van der Waals surface area contributed by atoms with Crippen LogP contribution in [-0.2, 0) is 16.4 Å². The molecular formula is C17H17ClN4O2S. The first-order chi connectivity index (χ1) is 11.9. The lowest BCUT2D eigenvalue weighted by molar-refractivity contribution is 0.587. The highest BCUT2D eigenvalue weighted by atomic mass is 35.5. The molecule has 0 N–H and O–H groups in total. The van der Waals surface area contributed by atoms with Crippen LogP contribution in [-0.4, -0.2) is 40.4 Å². The van der Waals surface area contributed by atoms with Crippen molar-refractivity contribution in [3.63, 3.8) is 0 Å². The molecule has 1 aliphatic carbocycles. The number of rotatable bonds is 5. The summed E-state index contributed by atoms with van der Waals surface area (Å²) in [6.07, 6.45) is 3.35. The number of nitrogens with zero attached hydrogens (tertiary/aromatic N) is 4. The molecule has 0 aliphatic heterocycles. The molecular weight excluding hydrogens is 360 g/mol. The first kappa shape index (κ1) is 16.5. The second-order valence-electron chi connectivity index (χ2n) is 6.44. The maximum atomic E-state index is 11.5. The van der Waals surface area contributed by atoms with Crippen molar-refractivity contribution in [3.8, 4) is 11.3 Å². The van der Waals surface area contributed by atoms with E-state index in [0.717, 1.165) is 29.5 Å². The molecule has 1 aromatic carbocycles. The Kier molecular flexibility index (Phi) is 4.00. The Morgan fingerprint density at radius 2 is 1.92 bits per heavy atom. The van der Waals surface area contributed by atoms with E-state index in [2.05, 4.69) is 15.3 Å². The van der Waals surface area contributed by atoms with E-state index >= 15 is 0 Å². The van der Waals surface area contributed by atoms with Crippen LogP contribution in [0, 0.1) is 0 Å². The van der Waals surface area contributed by atoms with Crippen LogP contribution in [0.2, 0.25) is 5.02 Å². The minimum Gasteiger partial charge on any atom is -0.244 e. The maximum absolute atomic E-state index is 11.5. The van der Waals surface area contributed by atoms with Gasteiger partial charge in [-0.15, -0.1) is 10.2 Å². The van der Waals surface area contributed by atoms with Crippen molar-refractivity contribution < 1.29 is 8.42 Å². The largest absolute Gasteiger partial charge is 0.244 e. The number of sulfone groups is 1. The van der Waals surface area contributed by atoms with Crippen LogP contribution in [0.5, 0.6) is 0 Å². The fourth-order valence-electron chi connectivity index (χ4n) is 2.87. The summed E-state index contributed by atoms with van der Waals surface area (Å²) in [4.78, 5) is 0. The highest BCUT2D eigenvalue weighted by Gasteiger charge is 2.31. The van der Waals surface area contributed by atoms with Gasteiger partial charge in [0.25, 0.3) is 0 Å². The topological polar surface area (TPSA) is 77.7 Å². The fourth-order valence-corrected chi connectivity index (χ4v) is 3.71. The van der Waals surface area contributed by atoms with Crippen molar-refractivity contribution in [1.29, 1.82) is 0 Å². The average Bonchev–Trinajstić information content (AvgIpc) is 3.35. The van der Waals surface area contributed by atoms with Gasteiger partial charge in [-0.05, 0) is 12.8 Å². The lowest BCUT2D eigenvalue weighted by Crippen LogP contribution is -2.13. The highest BCUT2D eigenvalue weighted by molar-refractivity contribution is 7.90. The quantitative estimate of drug-likeness (QED) is 0.683. The Bertz CT molecular complexity index is 1040. The molecule has 0 radical (unpaired) electrons. The number of fused-ring (bicyclic) bond motifs is 1. The molecule has 130 valence electrons. The van der Waals surface area contributed by atoms with Crippen molar-refractivity contribution in [3.05, 3.63) is 41.0 Å². The Hall–Kier alpha value is -1.99. The van der Waals surface area contributed by atoms with Crippen molar-refractivity contribution in [2.24, 2.45) is 0 Å². The van der Waals surface area contributed by atoms with Crippen LogP contribution in [0.1, 0.15) is 24.5 Å². The SMILES string of the molecule is CS(=O)(=O)CCn1nc(C2CC2)c2c(Cl)c(-c3ccccc3)nnc21. The fraction of sp³-hybridized carbons (Fsp3) is 0.353. The zero-order valence-electron chi connectivity index (χ0n) is 13.7. The highest BCUT2D eigenvalue weighted by Crippen LogP contribution is 2.45. The van der Waals surface area contributed by atoms with E-state index in [-0.39, 0.29) is 12.3 Å². The van der Waals surface area contributed by atoms with Crippen LogP contribution in [0.25, 0.3) is 22.3 Å². The monoisotopic (exact) mass is 376 g/mol. The molecule has 0 bridgehead atoms. The molecule has 0 saturated heterocycles. The number of halogens is 1. The summed E-state index contributed by atoms with van der Waals surface area (Å²) in [6.45, 7) is 0.248. The van der Waals surface area contributed by atoms with E-state index < -0.39 is 9.84 Å². The van der Waals surface area contributed by atoms with Gasteiger partial charge in [0.1, 0.15) is 15.5 Å². The number of hydrogen-bond acceptors (Lipinski definition) is 5. The molecule has 2 aromatic heterocycles. The Morgan fingerprint density at radius 3 is 2.56 bits per heavy atom. The van der Waals surface area contributed by atoms with Gasteiger partial charge in [0, 0.05) is 17.7 Å². The number of aryl methyl sites for hydroxylation is 1. The number of aromatic nitrogens is 4. The van der Waals surface area contributed by atoms with Gasteiger partial charge in [-0.1, -0.05) is 41.9 Å². The number of hydrogen-bond donors (Lipinski definition) is 0. The van der Waals surface area contributed by atoms with E-state index in [9.17, 15) is 8.42 Å². The minimum absolute atomic E-state index is 0.00756. The van der Waals surface area contributed by atoms with E-state index in [1.165, 1.54) is 6.26 Å². The second-order valence-corrected chi connectivity index (χ2v) is 9.08. The summed E-state index contributed by atoms with van der Waals surface area (Å²) < 4.78 is 24.6. The third-order valence-electron chi connectivity index (χ3n) is 4.31. The van der Waals surface area contributed by atoms with Crippen LogP contribution < -0.4 is 0 Å². The molecule has 0 atom stereocenters. The zero-order chi connectivity index (χ0) is 17.6. The molecule has 3 aromatic rings. The van der Waals surface area contributed by atoms with Crippen LogP contribution in [0.3, 0.4) is 0 Å². The van der Waals surface area contributed by atoms with Crippen LogP contribution in [0.4, 0.5) is 0 Å². The van der Waals surface area contributed by atoms with E-state index in [4.69, 9.17) is 11.6 Å². The summed E-state index contributed by atoms with van der Waals surface area (Å²) in [6, 6.07) is 9.66. The van der Waals surface area contributed by atoms with E-state index in [0.29, 0.717) is 22.3 Å². The van der Waals surface area contributed by atoms with Crippen molar-refractivity contribution in [1.82, 2.24) is 20.0 Å². The first-order valence-electron chi connectivity index (χ1n) is 8.10. The van der Waals surface area contributed by atoms with Crippen molar-refractivity contribution in [2.45, 2.75) is 25.3 Å². The van der Waals surface area contributed by atoms with Gasteiger partial charge >= 0.3 is 0 Å². The van der Waals surface area contributed by atoms with Gasteiger partial charge < -0.3 is 0 Å². The van der Waals surface area contributed by atoms with Gasteiger partial charge in [0.15, 0.2) is 5.65 Å². The standard InChI is InChI=1S/C17H17ClN4O2S/c1-25(23,24)10-9-22-17-13(15(21-22)12-7-8-12)14(18)16(19-20-17)11-5-3-2-4-6-11/h2-6,12H,7-10H2,1H3. The third kappa shape index (κ3) is 3.26. The molecule has 2 heterocycles. The number of benzene rings is 1. The zero-order valence-corrected chi connectivity index (χ0v) is 15.3. The van der Waals surface area contributed by atoms with Gasteiger partial charge in [-0.3, -0.25) is 0 Å². The summed E-state index contributed by atoms with van der Waals surface area (Å²) in [5.41, 5.74) is 2.97. The summed E-state index contributed by atoms with van der Waals surface area (Å²) >= 11 is 6.68. The van der Waals surface area contributed by atoms with Crippen molar-refractivity contribution >= 4 is 32.5 Å². The van der Waals surface area contributed by atoms with E-state index in [1.807, 2.05) is 30.3 Å². The summed E-state index contributed by atoms with van der Waals surface area (Å²) in [7, 11) is -3.09. The average molecular weight is 377 g/mol. The molecule has 25 heavy (non-hydrogen) atoms. The first-order valence-corrected chi connectivity index (χ1v) is 10.5. The van der Waals surface area contributed by atoms with Crippen LogP contribution >= 0.6 is 11.6 Å². The predicted octanol–water partition coefficient (Wildman–Crippen LogP) is 3.07. The molecule has 0 unspecified atom stereocenters. The van der Waals surface area contributed by atoms with Crippen LogP contribution in [0.15, 0.2) is 30.3 Å². The summed E-state index contributed by atoms with van der Waals surface area (Å²) in [5.74, 6) is 0.375. The molecule has 0 spiro atoms. The van der Waals surface area contributed by atoms with Gasteiger partial charge in [0.2, 0.25) is 0 Å². The third-order valence-corrected chi connectivity index (χ3v) is 5.60. The van der Waals surface area contributed by atoms with Crippen molar-refractivity contribution in [2.75, 3.05) is 12.0 Å². The summed E-state index contributed by atoms with van der Waals surface area (Å²) in [5, 5.41) is 14.5. The minimum atomic E-state index is -3.09. The predicted molar refractivity (Wildman–Crippen MR) is 97.5 cm³/mol. The maximum Gasteiger partial charge on any atom is 0.182 e. The van der Waals surface area contributed by atoms with Gasteiger partial charge in [-0.2, -0.15) is 5.10 Å². The second kappa shape index (κ2) is 6.07. The molecule has 6 nitrogen and oxygen atoms in total. The molecule has 1 saturated carbocycles. The lowest BCUT2D eigenvalue weighted by Gasteiger charge is -2.05. The normalized spacial score (nSPS) is 15.0. The lowest BCUT2D eigenvalue weighted by atomic mass is 10.1. The molecule has 1 aliphatic rings. The molecule has 8 heteroatoms. The molecule has 4 rings (SSSR count). The smallest absolute Gasteiger partial charge is 0.182 e.